The van der Waals surface area contributed by atoms with Gasteiger partial charge in [0.1, 0.15) is 12.2 Å². The van der Waals surface area contributed by atoms with Crippen LogP contribution in [0.5, 0.6) is 0 Å². The van der Waals surface area contributed by atoms with Gasteiger partial charge in [-0.3, -0.25) is 0 Å². The van der Waals surface area contributed by atoms with Crippen molar-refractivity contribution in [3.63, 3.8) is 0 Å². The Balaban J connectivity index is 1.21. The van der Waals surface area contributed by atoms with E-state index in [0.717, 1.165) is 51.4 Å². The average Bonchev–Trinajstić information content (AvgIpc) is 3.02. The second-order valence-corrected chi connectivity index (χ2v) is 10.2. The quantitative estimate of drug-likeness (QED) is 0.468. The summed E-state index contributed by atoms with van der Waals surface area (Å²) in [5.41, 5.74) is -3.22. The summed E-state index contributed by atoms with van der Waals surface area (Å²) in [5, 5.41) is 20.2. The van der Waals surface area contributed by atoms with Crippen molar-refractivity contribution >= 4 is 23.7 Å². The molecular formula is C20H32N2O6S. The third-order valence-electron chi connectivity index (χ3n) is 7.34. The van der Waals surface area contributed by atoms with Gasteiger partial charge < -0.3 is 29.5 Å². The van der Waals surface area contributed by atoms with Crippen molar-refractivity contribution in [2.75, 3.05) is 14.1 Å². The Morgan fingerprint density at radius 3 is 1.38 bits per heavy atom. The molecular weight excluding hydrogens is 396 g/mol. The molecule has 4 aliphatic rings. The maximum Gasteiger partial charge on any atom is 0.346 e. The van der Waals surface area contributed by atoms with Crippen LogP contribution in [-0.2, 0) is 19.1 Å². The Bertz CT molecular complexity index is 556. The Morgan fingerprint density at radius 1 is 0.759 bits per heavy atom. The van der Waals surface area contributed by atoms with Crippen LogP contribution in [0.2, 0.25) is 0 Å². The Labute approximate surface area is 175 Å². The lowest BCUT2D eigenvalue weighted by Crippen LogP contribution is -2.44. The average molecular weight is 429 g/mol. The van der Waals surface area contributed by atoms with E-state index in [9.17, 15) is 19.8 Å². The van der Waals surface area contributed by atoms with Crippen molar-refractivity contribution in [3.05, 3.63) is 0 Å². The summed E-state index contributed by atoms with van der Waals surface area (Å²) < 4.78 is 10.9. The molecule has 0 spiro atoms. The van der Waals surface area contributed by atoms with Gasteiger partial charge in [-0.25, -0.2) is 9.59 Å². The topological polar surface area (TPSA) is 99.5 Å². The van der Waals surface area contributed by atoms with Gasteiger partial charge in [-0.1, -0.05) is 11.8 Å². The number of piperidine rings is 2. The highest BCUT2D eigenvalue weighted by atomic mass is 32.2. The number of thioether (sulfide) groups is 1. The van der Waals surface area contributed by atoms with Crippen molar-refractivity contribution in [1.29, 1.82) is 0 Å². The molecule has 4 fully saturated rings. The van der Waals surface area contributed by atoms with Crippen molar-refractivity contribution in [1.82, 2.24) is 9.80 Å². The van der Waals surface area contributed by atoms with Crippen LogP contribution in [0.1, 0.15) is 51.4 Å². The summed E-state index contributed by atoms with van der Waals surface area (Å²) in [6.45, 7) is 0. The number of carbonyl (C=O) groups excluding carboxylic acids is 2. The van der Waals surface area contributed by atoms with Crippen LogP contribution >= 0.6 is 11.8 Å². The van der Waals surface area contributed by atoms with Gasteiger partial charge in [-0.15, -0.1) is 0 Å². The third-order valence-corrected chi connectivity index (χ3v) is 8.24. The summed E-state index contributed by atoms with van der Waals surface area (Å²) >= 11 is 0.470. The zero-order chi connectivity index (χ0) is 20.7. The fourth-order valence-corrected chi connectivity index (χ4v) is 6.17. The summed E-state index contributed by atoms with van der Waals surface area (Å²) in [6, 6.07) is 1.67. The number of rotatable bonds is 6. The molecule has 6 unspecified atom stereocenters. The van der Waals surface area contributed by atoms with Crippen molar-refractivity contribution < 1.29 is 29.3 Å². The van der Waals surface area contributed by atoms with E-state index >= 15 is 0 Å². The predicted octanol–water partition coefficient (Wildman–Crippen LogP) is 0.693. The van der Waals surface area contributed by atoms with Crippen LogP contribution in [0.4, 0.5) is 0 Å². The molecule has 0 aliphatic carbocycles. The number of aliphatic hydroxyl groups excluding tert-OH is 2. The molecule has 4 rings (SSSR count). The first kappa shape index (κ1) is 21.4. The molecule has 4 heterocycles. The predicted molar refractivity (Wildman–Crippen MR) is 107 cm³/mol. The summed E-state index contributed by atoms with van der Waals surface area (Å²) in [7, 11) is 4.20. The molecule has 164 valence electrons. The number of ether oxygens (including phenoxy) is 2. The largest absolute Gasteiger partial charge is 0.460 e. The fourth-order valence-electron chi connectivity index (χ4n) is 5.59. The van der Waals surface area contributed by atoms with Crippen LogP contribution in [0.25, 0.3) is 0 Å². The van der Waals surface area contributed by atoms with Gasteiger partial charge in [0.05, 0.1) is 0 Å². The van der Waals surface area contributed by atoms with Crippen LogP contribution < -0.4 is 0 Å². The van der Waals surface area contributed by atoms with Gasteiger partial charge in [0.2, 0.25) is 10.9 Å². The molecule has 0 aromatic rings. The highest BCUT2D eigenvalue weighted by Crippen LogP contribution is 2.37. The van der Waals surface area contributed by atoms with E-state index in [4.69, 9.17) is 9.47 Å². The number of hydrogen-bond acceptors (Lipinski definition) is 9. The number of aliphatic hydroxyl groups is 2. The van der Waals surface area contributed by atoms with E-state index in [2.05, 4.69) is 23.9 Å². The molecule has 4 bridgehead atoms. The van der Waals surface area contributed by atoms with E-state index in [1.807, 2.05) is 0 Å². The standard InChI is InChI=1S/C20H32N2O6S/c1-21-11-3-4-12(21)8-15(7-11)27-17(23)19(25)29-20(26)18(24)28-16-9-13-5-6-14(10-16)22(13)2/h11-16,19-20,25-26H,3-10H2,1-2H3. The second-order valence-electron chi connectivity index (χ2n) is 9.00. The van der Waals surface area contributed by atoms with Crippen LogP contribution in [0.3, 0.4) is 0 Å². The number of nitrogens with zero attached hydrogens (tertiary/aromatic N) is 2. The molecule has 8 nitrogen and oxygen atoms in total. The number of carbonyl (C=O) groups is 2. The highest BCUT2D eigenvalue weighted by Gasteiger charge is 2.42. The highest BCUT2D eigenvalue weighted by molar-refractivity contribution is 8.01. The first-order chi connectivity index (χ1) is 13.8. The van der Waals surface area contributed by atoms with Crippen molar-refractivity contribution in [2.24, 2.45) is 0 Å². The van der Waals surface area contributed by atoms with E-state index in [1.54, 1.807) is 0 Å². The Hall–Kier alpha value is -0.870. The molecule has 0 amide bonds. The minimum absolute atomic E-state index is 0.217. The van der Waals surface area contributed by atoms with Gasteiger partial charge >= 0.3 is 11.9 Å². The smallest absolute Gasteiger partial charge is 0.346 e. The molecule has 4 aliphatic heterocycles. The van der Waals surface area contributed by atoms with Crippen LogP contribution in [0, 0.1) is 0 Å². The molecule has 0 aromatic carbocycles. The van der Waals surface area contributed by atoms with Gasteiger partial charge in [0.25, 0.3) is 0 Å². The minimum Gasteiger partial charge on any atom is -0.460 e. The lowest BCUT2D eigenvalue weighted by atomic mass is 10.0. The maximum atomic E-state index is 12.2. The first-order valence-corrected chi connectivity index (χ1v) is 11.6. The summed E-state index contributed by atoms with van der Waals surface area (Å²) in [5.74, 6) is -1.60. The minimum atomic E-state index is -1.61. The van der Waals surface area contributed by atoms with E-state index in [1.165, 1.54) is 0 Å². The zero-order valence-electron chi connectivity index (χ0n) is 17.1. The molecule has 0 aromatic heterocycles. The zero-order valence-corrected chi connectivity index (χ0v) is 17.9. The van der Waals surface area contributed by atoms with E-state index in [-0.39, 0.29) is 12.2 Å². The maximum absolute atomic E-state index is 12.2. The molecule has 0 radical (unpaired) electrons. The van der Waals surface area contributed by atoms with E-state index in [0.29, 0.717) is 35.9 Å². The van der Waals surface area contributed by atoms with Gasteiger partial charge in [0.15, 0.2) is 0 Å². The SMILES string of the molecule is CN1C2CCC1CC(OC(=O)C(O)SC(O)C(=O)OC1CC3CCC(C1)N3C)C2. The molecule has 4 saturated heterocycles. The van der Waals surface area contributed by atoms with Crippen molar-refractivity contribution in [3.8, 4) is 0 Å². The van der Waals surface area contributed by atoms with Crippen molar-refractivity contribution in [2.45, 2.75) is 98.6 Å². The lowest BCUT2D eigenvalue weighted by Gasteiger charge is -2.36. The first-order valence-electron chi connectivity index (χ1n) is 10.7. The third kappa shape index (κ3) is 4.58. The lowest BCUT2D eigenvalue weighted by molar-refractivity contribution is -0.158. The molecule has 6 atom stereocenters. The number of fused-ring (bicyclic) bond motifs is 4. The van der Waals surface area contributed by atoms with Crippen LogP contribution in [0.15, 0.2) is 0 Å². The molecule has 29 heavy (non-hydrogen) atoms. The Morgan fingerprint density at radius 2 is 1.07 bits per heavy atom. The summed E-state index contributed by atoms with van der Waals surface area (Å²) in [4.78, 5) is 29.1. The molecule has 0 saturated carbocycles. The molecule has 9 heteroatoms. The monoisotopic (exact) mass is 428 g/mol. The fraction of sp³-hybridized carbons (Fsp3) is 0.900. The number of esters is 2. The number of hydrogen-bond donors (Lipinski definition) is 2. The second kappa shape index (κ2) is 8.70. The van der Waals surface area contributed by atoms with Gasteiger partial charge in [-0.2, -0.15) is 0 Å². The van der Waals surface area contributed by atoms with E-state index < -0.39 is 22.8 Å². The van der Waals surface area contributed by atoms with Gasteiger partial charge in [0, 0.05) is 24.2 Å². The normalized spacial score (nSPS) is 39.2. The Kier molecular flexibility index (Phi) is 6.41. The van der Waals surface area contributed by atoms with Gasteiger partial charge in [-0.05, 0) is 65.5 Å². The molecule has 2 N–H and O–H groups in total. The van der Waals surface area contributed by atoms with Crippen LogP contribution in [-0.4, -0.2) is 93.3 Å². The summed E-state index contributed by atoms with van der Waals surface area (Å²) in [6.07, 6.45) is 7.05.